The first kappa shape index (κ1) is 24.7. The number of benzene rings is 7. The van der Waals surface area contributed by atoms with Gasteiger partial charge in [-0.15, -0.1) is 0 Å². The largest absolute Gasteiger partial charge is 0.0622 e. The average molecular weight is 569 g/mol. The molecule has 0 unspecified atom stereocenters. The van der Waals surface area contributed by atoms with E-state index in [1.807, 2.05) is 0 Å². The Morgan fingerprint density at radius 1 is 0.333 bits per heavy atom. The van der Waals surface area contributed by atoms with Gasteiger partial charge >= 0.3 is 0 Å². The number of fused-ring (bicyclic) bond motifs is 11. The minimum atomic E-state index is 0.139. The topological polar surface area (TPSA) is 0 Å². The number of rotatable bonds is 3. The Morgan fingerprint density at radius 2 is 0.867 bits per heavy atom. The van der Waals surface area contributed by atoms with Crippen LogP contribution in [-0.2, 0) is 0 Å². The fourth-order valence-electron chi connectivity index (χ4n) is 8.43. The minimum absolute atomic E-state index is 0.139. The van der Waals surface area contributed by atoms with E-state index in [1.165, 1.54) is 93.2 Å². The van der Waals surface area contributed by atoms with Gasteiger partial charge in [0.1, 0.15) is 0 Å². The average Bonchev–Trinajstić information content (AvgIpc) is 3.75. The van der Waals surface area contributed by atoms with Crippen molar-refractivity contribution in [1.82, 2.24) is 0 Å². The van der Waals surface area contributed by atoms with Crippen LogP contribution in [0.15, 0.2) is 164 Å². The molecule has 0 aromatic heterocycles. The molecule has 0 heterocycles. The Kier molecular flexibility index (Phi) is 5.15. The molecule has 0 bridgehead atoms. The summed E-state index contributed by atoms with van der Waals surface area (Å²) in [6, 6.07) is 60.6. The van der Waals surface area contributed by atoms with Crippen molar-refractivity contribution in [2.75, 3.05) is 0 Å². The first-order valence-corrected chi connectivity index (χ1v) is 15.8. The summed E-state index contributed by atoms with van der Waals surface area (Å²) in [6.45, 7) is 0. The van der Waals surface area contributed by atoms with E-state index in [9.17, 15) is 0 Å². The van der Waals surface area contributed by atoms with Crippen LogP contribution in [0.5, 0.6) is 0 Å². The Hall–Kier alpha value is -5.72. The maximum Gasteiger partial charge on any atom is 0.0358 e. The molecule has 7 aromatic carbocycles. The molecule has 0 N–H and O–H groups in total. The molecule has 0 radical (unpaired) electrons. The molecule has 3 aliphatic rings. The van der Waals surface area contributed by atoms with Gasteiger partial charge in [-0.1, -0.05) is 164 Å². The van der Waals surface area contributed by atoms with E-state index >= 15 is 0 Å². The van der Waals surface area contributed by atoms with Gasteiger partial charge in [0.15, 0.2) is 0 Å². The zero-order valence-corrected chi connectivity index (χ0v) is 24.7. The van der Waals surface area contributed by atoms with Crippen molar-refractivity contribution in [3.63, 3.8) is 0 Å². The van der Waals surface area contributed by atoms with E-state index in [1.54, 1.807) is 0 Å². The summed E-state index contributed by atoms with van der Waals surface area (Å²) in [6.07, 6.45) is 0. The second kappa shape index (κ2) is 9.39. The predicted octanol–water partition coefficient (Wildman–Crippen LogP) is 8.92. The monoisotopic (exact) mass is 568 g/mol. The molecule has 208 valence electrons. The molecule has 0 saturated heterocycles. The maximum atomic E-state index is 2.36. The standard InChI is InChI=1S/C45H28/c1-4-16-28(17-5-1)37-31-22-10-13-25-34(31)40-43(37)41-35-26-14-11-23-32(35)38(29-18-6-2-7-19-29)45(41)42-36-27-15-12-24-33(36)39(44(40)42)30-20-8-3-9-21-30/h1-27,37H/t37-/m1/s1. The fourth-order valence-corrected chi connectivity index (χ4v) is 8.43. The van der Waals surface area contributed by atoms with Gasteiger partial charge in [0, 0.05) is 5.92 Å². The lowest BCUT2D eigenvalue weighted by atomic mass is 9.83. The second-order valence-corrected chi connectivity index (χ2v) is 12.3. The van der Waals surface area contributed by atoms with E-state index in [2.05, 4.69) is 164 Å². The Balaban J connectivity index is 1.53. The lowest BCUT2D eigenvalue weighted by Crippen LogP contribution is -2.16. The fraction of sp³-hybridized carbons (Fsp3) is 0.0222. The van der Waals surface area contributed by atoms with Gasteiger partial charge in [0.2, 0.25) is 0 Å². The maximum absolute atomic E-state index is 2.36. The van der Waals surface area contributed by atoms with E-state index in [0.29, 0.717) is 0 Å². The van der Waals surface area contributed by atoms with E-state index in [0.717, 1.165) is 0 Å². The highest BCUT2D eigenvalue weighted by molar-refractivity contribution is 6.06. The summed E-state index contributed by atoms with van der Waals surface area (Å²) in [5, 5.41) is 5.43. The van der Waals surface area contributed by atoms with Crippen molar-refractivity contribution in [3.8, 4) is 22.3 Å². The summed E-state index contributed by atoms with van der Waals surface area (Å²) < 4.78 is 0. The van der Waals surface area contributed by atoms with Crippen LogP contribution in [-0.4, -0.2) is 0 Å². The third kappa shape index (κ3) is 3.32. The summed E-state index contributed by atoms with van der Waals surface area (Å²) in [7, 11) is 0. The molecule has 0 aliphatic heterocycles. The molecule has 0 amide bonds. The number of hydrogen-bond acceptors (Lipinski definition) is 0. The molecular formula is C45H28. The molecule has 7 aromatic rings. The third-order valence-electron chi connectivity index (χ3n) is 10.1. The molecule has 0 fully saturated rings. The zero-order chi connectivity index (χ0) is 29.5. The van der Waals surface area contributed by atoms with Crippen molar-refractivity contribution in [1.29, 1.82) is 0 Å². The Morgan fingerprint density at radius 3 is 1.58 bits per heavy atom. The first-order chi connectivity index (χ1) is 22.4. The van der Waals surface area contributed by atoms with Gasteiger partial charge in [-0.05, 0) is 93.2 Å². The molecule has 0 heteroatoms. The van der Waals surface area contributed by atoms with Crippen LogP contribution in [0.25, 0.3) is 33.4 Å². The van der Waals surface area contributed by atoms with E-state index in [4.69, 9.17) is 0 Å². The van der Waals surface area contributed by atoms with Crippen LogP contribution in [0.2, 0.25) is 0 Å². The zero-order valence-electron chi connectivity index (χ0n) is 24.7. The van der Waals surface area contributed by atoms with Gasteiger partial charge in [0.05, 0.1) is 0 Å². The second-order valence-electron chi connectivity index (χ2n) is 12.3. The van der Waals surface area contributed by atoms with Crippen molar-refractivity contribution in [3.05, 3.63) is 224 Å². The molecule has 3 aliphatic carbocycles. The number of hydrogen-bond donors (Lipinski definition) is 0. The van der Waals surface area contributed by atoms with Crippen molar-refractivity contribution >= 4 is 11.1 Å². The summed E-state index contributed by atoms with van der Waals surface area (Å²) in [4.78, 5) is 0. The van der Waals surface area contributed by atoms with Crippen LogP contribution in [0.4, 0.5) is 0 Å². The summed E-state index contributed by atoms with van der Waals surface area (Å²) in [5.41, 5.74) is 17.5. The SMILES string of the molecule is c1ccc(C2=c3c(c4c(c5c3-c3ccccc3[C@H]5c3ccccc3)=c3ccccc3=C4c3ccccc3)-c3ccccc32)cc1. The smallest absolute Gasteiger partial charge is 0.0358 e. The van der Waals surface area contributed by atoms with Crippen LogP contribution < -0.4 is 10.4 Å². The van der Waals surface area contributed by atoms with E-state index in [-0.39, 0.29) is 5.92 Å². The molecule has 1 atom stereocenters. The summed E-state index contributed by atoms with van der Waals surface area (Å²) in [5.74, 6) is 0.139. The van der Waals surface area contributed by atoms with Crippen LogP contribution in [0, 0.1) is 10.4 Å². The molecule has 0 saturated carbocycles. The minimum Gasteiger partial charge on any atom is -0.0622 e. The highest BCUT2D eigenvalue weighted by Crippen LogP contribution is 2.53. The molecule has 45 heavy (non-hydrogen) atoms. The first-order valence-electron chi connectivity index (χ1n) is 15.8. The van der Waals surface area contributed by atoms with Gasteiger partial charge in [-0.2, -0.15) is 0 Å². The highest BCUT2D eigenvalue weighted by Gasteiger charge is 2.39. The predicted molar refractivity (Wildman–Crippen MR) is 184 cm³/mol. The van der Waals surface area contributed by atoms with Gasteiger partial charge in [-0.3, -0.25) is 0 Å². The Bertz CT molecular complexity index is 2560. The lowest BCUT2D eigenvalue weighted by Gasteiger charge is -2.19. The Labute approximate surface area is 262 Å². The molecule has 0 nitrogen and oxygen atoms in total. The van der Waals surface area contributed by atoms with Gasteiger partial charge in [-0.25, -0.2) is 0 Å². The van der Waals surface area contributed by atoms with Crippen molar-refractivity contribution in [2.45, 2.75) is 5.92 Å². The molecule has 10 rings (SSSR count). The molecule has 0 spiro atoms. The van der Waals surface area contributed by atoms with Crippen molar-refractivity contribution in [2.24, 2.45) is 0 Å². The van der Waals surface area contributed by atoms with Gasteiger partial charge < -0.3 is 0 Å². The molecular weight excluding hydrogens is 540 g/mol. The quantitative estimate of drug-likeness (QED) is 0.200. The van der Waals surface area contributed by atoms with Gasteiger partial charge in [0.25, 0.3) is 0 Å². The third-order valence-corrected chi connectivity index (χ3v) is 10.1. The van der Waals surface area contributed by atoms with Crippen LogP contribution >= 0.6 is 0 Å². The highest BCUT2D eigenvalue weighted by atomic mass is 14.4. The normalized spacial score (nSPS) is 14.8. The van der Waals surface area contributed by atoms with Crippen LogP contribution in [0.3, 0.4) is 0 Å². The summed E-state index contributed by atoms with van der Waals surface area (Å²) >= 11 is 0. The van der Waals surface area contributed by atoms with E-state index < -0.39 is 0 Å². The van der Waals surface area contributed by atoms with Crippen molar-refractivity contribution < 1.29 is 0 Å². The lowest BCUT2D eigenvalue weighted by molar-refractivity contribution is 1.00. The van der Waals surface area contributed by atoms with Crippen LogP contribution in [0.1, 0.15) is 44.9 Å².